The summed E-state index contributed by atoms with van der Waals surface area (Å²) in [5, 5.41) is 0. The largest absolute Gasteiger partial charge is 0.483 e. The van der Waals surface area contributed by atoms with Crippen LogP contribution >= 0.6 is 22.6 Å². The van der Waals surface area contributed by atoms with Crippen molar-refractivity contribution in [1.82, 2.24) is 14.5 Å². The minimum absolute atomic E-state index is 0.546. The van der Waals surface area contributed by atoms with Gasteiger partial charge in [0.25, 0.3) is 0 Å². The van der Waals surface area contributed by atoms with Gasteiger partial charge in [0, 0.05) is 19.5 Å². The first-order valence-corrected chi connectivity index (χ1v) is 11.9. The molecule has 0 amide bonds. The molecule has 0 aliphatic rings. The number of alkyl halides is 1. The Hall–Kier alpha value is -2.13. The Morgan fingerprint density at radius 1 is 1.17 bits per heavy atom. The van der Waals surface area contributed by atoms with Gasteiger partial charge >= 0.3 is 0 Å². The van der Waals surface area contributed by atoms with Crippen molar-refractivity contribution < 1.29 is 4.74 Å². The van der Waals surface area contributed by atoms with E-state index in [0.29, 0.717) is 10.4 Å². The molecule has 0 radical (unpaired) electrons. The first-order chi connectivity index (χ1) is 14.5. The molecule has 3 rings (SSSR count). The molecule has 1 aromatic heterocycles. The van der Waals surface area contributed by atoms with E-state index in [0.717, 1.165) is 60.9 Å². The van der Waals surface area contributed by atoms with E-state index in [1.54, 1.807) is 6.92 Å². The zero-order valence-corrected chi connectivity index (χ0v) is 20.1. The molecular weight excluding hydrogens is 489 g/mol. The highest BCUT2D eigenvalue weighted by Crippen LogP contribution is 2.24. The molecule has 0 unspecified atom stereocenters. The number of nitrogens with zero attached hydrogens (tertiary/aromatic N) is 4. The van der Waals surface area contributed by atoms with Crippen LogP contribution < -0.4 is 10.5 Å². The summed E-state index contributed by atoms with van der Waals surface area (Å²) < 4.78 is 8.54. The summed E-state index contributed by atoms with van der Waals surface area (Å²) >= 11 is 2.20. The average molecular weight is 519 g/mol. The van der Waals surface area contributed by atoms with Crippen LogP contribution in [0.2, 0.25) is 0 Å². The van der Waals surface area contributed by atoms with Gasteiger partial charge in [0.05, 0.1) is 22.6 Å². The summed E-state index contributed by atoms with van der Waals surface area (Å²) in [5.41, 5.74) is 9.90. The van der Waals surface area contributed by atoms with Crippen molar-refractivity contribution in [2.45, 2.75) is 33.7 Å². The lowest BCUT2D eigenvalue weighted by atomic mass is 10.1. The number of nitrogens with two attached hydrogens (primary N) is 1. The molecule has 0 aliphatic carbocycles. The van der Waals surface area contributed by atoms with E-state index in [1.807, 2.05) is 24.3 Å². The fourth-order valence-corrected chi connectivity index (χ4v) is 3.92. The molecule has 0 saturated carbocycles. The Morgan fingerprint density at radius 3 is 2.53 bits per heavy atom. The lowest BCUT2D eigenvalue weighted by molar-refractivity contribution is 0.291. The van der Waals surface area contributed by atoms with E-state index in [4.69, 9.17) is 15.5 Å². The molecule has 1 heterocycles. The summed E-state index contributed by atoms with van der Waals surface area (Å²) in [5.74, 6) is 2.50. The molecule has 3 aromatic rings. The predicted molar refractivity (Wildman–Crippen MR) is 133 cm³/mol. The molecule has 6 nitrogen and oxygen atoms in total. The normalized spacial score (nSPS) is 12.1. The van der Waals surface area contributed by atoms with Gasteiger partial charge in [-0.25, -0.2) is 9.98 Å². The van der Waals surface area contributed by atoms with Crippen LogP contribution in [0.4, 0.5) is 5.69 Å². The summed E-state index contributed by atoms with van der Waals surface area (Å²) in [4.78, 5) is 11.8. The quantitative estimate of drug-likeness (QED) is 0.182. The lowest BCUT2D eigenvalue weighted by Gasteiger charge is -2.19. The van der Waals surface area contributed by atoms with Gasteiger partial charge in [-0.05, 0) is 78.5 Å². The third kappa shape index (κ3) is 5.72. The van der Waals surface area contributed by atoms with Gasteiger partial charge in [0.2, 0.25) is 0 Å². The van der Waals surface area contributed by atoms with E-state index in [-0.39, 0.29) is 0 Å². The molecule has 160 valence electrons. The third-order valence-corrected chi connectivity index (χ3v) is 5.47. The van der Waals surface area contributed by atoms with Crippen molar-refractivity contribution in [2.75, 3.05) is 24.2 Å². The first-order valence-electron chi connectivity index (χ1n) is 10.3. The smallest absolute Gasteiger partial charge is 0.139 e. The zero-order chi connectivity index (χ0) is 21.5. The number of likely N-dealkylation sites (N-methyl/N-ethyl adjacent to an activating group) is 1. The molecular formula is C23H30IN5O. The lowest BCUT2D eigenvalue weighted by Crippen LogP contribution is -2.27. The summed E-state index contributed by atoms with van der Waals surface area (Å²) in [6.45, 7) is 10.2. The van der Waals surface area contributed by atoms with Crippen molar-refractivity contribution in [3.63, 3.8) is 0 Å². The number of benzene rings is 2. The Bertz CT molecular complexity index is 989. The topological polar surface area (TPSA) is 68.7 Å². The zero-order valence-electron chi connectivity index (χ0n) is 17.9. The maximum Gasteiger partial charge on any atom is 0.139 e. The number of ether oxygens (including phenoxy) is 1. The minimum atomic E-state index is 0.546. The molecule has 0 aliphatic heterocycles. The van der Waals surface area contributed by atoms with Crippen LogP contribution in [-0.4, -0.2) is 44.5 Å². The summed E-state index contributed by atoms with van der Waals surface area (Å²) in [6.07, 6.45) is 0.770. The number of imidazole rings is 1. The molecule has 0 saturated heterocycles. The van der Waals surface area contributed by atoms with E-state index >= 15 is 0 Å². The minimum Gasteiger partial charge on any atom is -0.483 e. The molecule has 2 N–H and O–H groups in total. The van der Waals surface area contributed by atoms with E-state index in [2.05, 4.69) is 69.1 Å². The summed E-state index contributed by atoms with van der Waals surface area (Å²) in [7, 11) is 0. The Kier molecular flexibility index (Phi) is 8.09. The number of fused-ring (bicyclic) bond motifs is 1. The molecule has 7 heteroatoms. The van der Waals surface area contributed by atoms with Crippen molar-refractivity contribution in [1.29, 1.82) is 0 Å². The Labute approximate surface area is 192 Å². The van der Waals surface area contributed by atoms with Crippen LogP contribution in [-0.2, 0) is 13.0 Å². The monoisotopic (exact) mass is 519 g/mol. The van der Waals surface area contributed by atoms with Crippen LogP contribution in [0.3, 0.4) is 0 Å². The van der Waals surface area contributed by atoms with E-state index in [1.165, 1.54) is 5.56 Å². The second kappa shape index (κ2) is 10.8. The predicted octanol–water partition coefficient (Wildman–Crippen LogP) is 4.75. The van der Waals surface area contributed by atoms with Crippen LogP contribution in [0.1, 0.15) is 32.2 Å². The maximum absolute atomic E-state index is 5.76. The molecule has 0 fully saturated rings. The SMILES string of the molecule is CCN(CC)CCn1c(Cc2ccc(OCI)cc2)nc2cc(N=C(C)N)ccc21. The highest BCUT2D eigenvalue weighted by molar-refractivity contribution is 14.1. The highest BCUT2D eigenvalue weighted by atomic mass is 127. The van der Waals surface area contributed by atoms with Crippen LogP contribution in [0.25, 0.3) is 11.0 Å². The number of aromatic nitrogens is 2. The van der Waals surface area contributed by atoms with Gasteiger partial charge in [-0.15, -0.1) is 0 Å². The number of halogens is 1. The molecule has 0 bridgehead atoms. The molecule has 2 aromatic carbocycles. The highest BCUT2D eigenvalue weighted by Gasteiger charge is 2.13. The molecule has 0 spiro atoms. The van der Waals surface area contributed by atoms with Gasteiger partial charge in [-0.3, -0.25) is 0 Å². The van der Waals surface area contributed by atoms with Crippen molar-refractivity contribution in [3.05, 3.63) is 53.9 Å². The molecule has 30 heavy (non-hydrogen) atoms. The first kappa shape index (κ1) is 22.6. The molecule has 0 atom stereocenters. The van der Waals surface area contributed by atoms with Crippen molar-refractivity contribution in [2.24, 2.45) is 10.7 Å². The number of amidine groups is 1. The van der Waals surface area contributed by atoms with Crippen molar-refractivity contribution in [3.8, 4) is 5.75 Å². The second-order valence-corrected chi connectivity index (χ2v) is 7.83. The maximum atomic E-state index is 5.76. The van der Waals surface area contributed by atoms with Crippen molar-refractivity contribution >= 4 is 45.1 Å². The number of hydrogen-bond acceptors (Lipinski definition) is 4. The average Bonchev–Trinajstić information content (AvgIpc) is 3.06. The van der Waals surface area contributed by atoms with Gasteiger partial charge < -0.3 is 19.9 Å². The van der Waals surface area contributed by atoms with Crippen LogP contribution in [0, 0.1) is 0 Å². The van der Waals surface area contributed by atoms with E-state index < -0.39 is 0 Å². The third-order valence-electron chi connectivity index (χ3n) is 5.16. The van der Waals surface area contributed by atoms with Crippen LogP contribution in [0.5, 0.6) is 5.75 Å². The number of rotatable bonds is 10. The van der Waals surface area contributed by atoms with Gasteiger partial charge in [0.1, 0.15) is 16.2 Å². The number of aliphatic imine (C=N–C) groups is 1. The van der Waals surface area contributed by atoms with E-state index in [9.17, 15) is 0 Å². The van der Waals surface area contributed by atoms with Gasteiger partial charge in [0.15, 0.2) is 0 Å². The van der Waals surface area contributed by atoms with Gasteiger partial charge in [-0.1, -0.05) is 26.0 Å². The van der Waals surface area contributed by atoms with Gasteiger partial charge in [-0.2, -0.15) is 0 Å². The van der Waals surface area contributed by atoms with Crippen LogP contribution in [0.15, 0.2) is 47.5 Å². The standard InChI is InChI=1S/C23H30IN5O/c1-4-28(5-2)12-13-29-22-11-8-19(26-17(3)25)15-21(22)27-23(29)14-18-6-9-20(10-7-18)30-16-24/h6-11,15H,4-5,12-14,16H2,1-3H3,(H2,25,26). The second-order valence-electron chi connectivity index (χ2n) is 7.21. The fourth-order valence-electron chi connectivity index (χ4n) is 3.56. The number of hydrogen-bond donors (Lipinski definition) is 1. The Balaban J connectivity index is 1.94. The fraction of sp³-hybridized carbons (Fsp3) is 0.391. The Morgan fingerprint density at radius 2 is 1.90 bits per heavy atom. The summed E-state index contributed by atoms with van der Waals surface area (Å²) in [6, 6.07) is 14.4.